The summed E-state index contributed by atoms with van der Waals surface area (Å²) < 4.78 is 5.18. The first-order chi connectivity index (χ1) is 17.3. The minimum absolute atomic E-state index is 0.0174. The van der Waals surface area contributed by atoms with Gasteiger partial charge in [0.1, 0.15) is 11.8 Å². The highest BCUT2D eigenvalue weighted by molar-refractivity contribution is 7.80. The zero-order valence-electron chi connectivity index (χ0n) is 18.9. The van der Waals surface area contributed by atoms with Crippen LogP contribution in [-0.2, 0) is 9.59 Å². The van der Waals surface area contributed by atoms with Crippen molar-refractivity contribution < 1.29 is 19.1 Å². The third-order valence-electron chi connectivity index (χ3n) is 5.36. The third-order valence-corrected chi connectivity index (χ3v) is 6.24. The number of ether oxygens (including phenoxy) is 1. The summed E-state index contributed by atoms with van der Waals surface area (Å²) in [5.74, 6) is -0.873. The number of hydrazine groups is 1. The van der Waals surface area contributed by atoms with Gasteiger partial charge in [0.05, 0.1) is 19.2 Å². The van der Waals surface area contributed by atoms with Crippen LogP contribution in [0.5, 0.6) is 5.75 Å². The molecule has 3 aromatic rings. The first-order valence-electron chi connectivity index (χ1n) is 10.7. The Hall–Kier alpha value is -3.66. The average Bonchev–Trinajstić information content (AvgIpc) is 3.09. The molecule has 1 unspecified atom stereocenters. The van der Waals surface area contributed by atoms with Crippen molar-refractivity contribution >= 4 is 69.6 Å². The van der Waals surface area contributed by atoms with Crippen molar-refractivity contribution in [1.82, 2.24) is 10.4 Å². The summed E-state index contributed by atoms with van der Waals surface area (Å²) in [6.45, 7) is 0. The Kier molecular flexibility index (Phi) is 7.73. The topological polar surface area (TPSA) is 91.0 Å². The van der Waals surface area contributed by atoms with E-state index in [0.29, 0.717) is 32.7 Å². The number of carbonyl (C=O) groups is 3. The summed E-state index contributed by atoms with van der Waals surface area (Å²) in [6.07, 6.45) is -0.277. The van der Waals surface area contributed by atoms with Gasteiger partial charge in [0.25, 0.3) is 11.8 Å². The maximum absolute atomic E-state index is 13.5. The third kappa shape index (κ3) is 5.59. The lowest BCUT2D eigenvalue weighted by molar-refractivity contribution is -0.124. The van der Waals surface area contributed by atoms with Gasteiger partial charge in [-0.25, -0.2) is 5.01 Å². The van der Waals surface area contributed by atoms with Gasteiger partial charge in [-0.2, -0.15) is 0 Å². The van der Waals surface area contributed by atoms with E-state index >= 15 is 0 Å². The number of carbonyl (C=O) groups excluding carboxylic acids is 3. The van der Waals surface area contributed by atoms with Crippen LogP contribution in [0.2, 0.25) is 10.0 Å². The van der Waals surface area contributed by atoms with Crippen LogP contribution in [0.15, 0.2) is 72.8 Å². The Balaban J connectivity index is 1.59. The van der Waals surface area contributed by atoms with Crippen LogP contribution in [0.3, 0.4) is 0 Å². The van der Waals surface area contributed by atoms with Crippen LogP contribution >= 0.6 is 35.4 Å². The van der Waals surface area contributed by atoms with Crippen molar-refractivity contribution in [3.05, 3.63) is 88.4 Å². The van der Waals surface area contributed by atoms with Gasteiger partial charge in [0.15, 0.2) is 0 Å². The number of benzene rings is 3. The zero-order valence-corrected chi connectivity index (χ0v) is 21.2. The second kappa shape index (κ2) is 10.9. The van der Waals surface area contributed by atoms with E-state index in [9.17, 15) is 14.4 Å². The molecule has 0 aromatic heterocycles. The van der Waals surface area contributed by atoms with Crippen LogP contribution in [0.25, 0.3) is 0 Å². The molecule has 8 nitrogen and oxygen atoms in total. The standard InChI is InChI=1S/C25H20Cl2N4O4S/c1-35-20-4-2-3-18(13-20)28-22(32)14-21-24(34)30(19-11-9-17(27)10-12-19)25(36)31(21)29-23(33)15-5-7-16(26)8-6-15/h2-13,21H,14H2,1H3,(H,28,32)(H,29,33). The van der Waals surface area contributed by atoms with Crippen LogP contribution in [0.4, 0.5) is 11.4 Å². The maximum atomic E-state index is 13.5. The molecule has 3 amide bonds. The van der Waals surface area contributed by atoms with Crippen LogP contribution in [0.1, 0.15) is 16.8 Å². The lowest BCUT2D eigenvalue weighted by atomic mass is 10.1. The molecule has 184 valence electrons. The molecule has 36 heavy (non-hydrogen) atoms. The highest BCUT2D eigenvalue weighted by Gasteiger charge is 2.45. The molecule has 2 N–H and O–H groups in total. The minimum atomic E-state index is -1.09. The summed E-state index contributed by atoms with van der Waals surface area (Å²) in [6, 6.07) is 18.5. The number of methoxy groups -OCH3 is 1. The minimum Gasteiger partial charge on any atom is -0.497 e. The molecular formula is C25H20Cl2N4O4S. The Bertz CT molecular complexity index is 1320. The van der Waals surface area contributed by atoms with E-state index in [1.165, 1.54) is 17.0 Å². The van der Waals surface area contributed by atoms with Crippen molar-refractivity contribution in [2.24, 2.45) is 0 Å². The summed E-state index contributed by atoms with van der Waals surface area (Å²) in [7, 11) is 1.52. The fraction of sp³-hybridized carbons (Fsp3) is 0.120. The molecule has 3 aromatic carbocycles. The molecule has 1 aliphatic heterocycles. The van der Waals surface area contributed by atoms with Crippen LogP contribution in [0, 0.1) is 0 Å². The summed E-state index contributed by atoms with van der Waals surface area (Å²) in [5, 5.41) is 4.95. The Morgan fingerprint density at radius 3 is 2.28 bits per heavy atom. The highest BCUT2D eigenvalue weighted by atomic mass is 35.5. The van der Waals surface area contributed by atoms with Crippen molar-refractivity contribution in [3.63, 3.8) is 0 Å². The monoisotopic (exact) mass is 542 g/mol. The summed E-state index contributed by atoms with van der Waals surface area (Å²) in [4.78, 5) is 40.6. The second-order valence-electron chi connectivity index (χ2n) is 7.75. The molecule has 1 atom stereocenters. The molecule has 0 spiro atoms. The average molecular weight is 543 g/mol. The number of nitrogens with one attached hydrogen (secondary N) is 2. The molecular weight excluding hydrogens is 523 g/mol. The number of anilines is 2. The normalized spacial score (nSPS) is 15.1. The number of nitrogens with zero attached hydrogens (tertiary/aromatic N) is 2. The zero-order chi connectivity index (χ0) is 25.8. The second-order valence-corrected chi connectivity index (χ2v) is 8.99. The smallest absolute Gasteiger partial charge is 0.269 e. The predicted molar refractivity (Wildman–Crippen MR) is 142 cm³/mol. The van der Waals surface area contributed by atoms with Crippen LogP contribution < -0.4 is 20.4 Å². The van der Waals surface area contributed by atoms with Gasteiger partial charge in [-0.15, -0.1) is 0 Å². The fourth-order valence-electron chi connectivity index (χ4n) is 3.59. The number of hydrogen-bond donors (Lipinski definition) is 2. The lowest BCUT2D eigenvalue weighted by Gasteiger charge is -2.24. The molecule has 1 fully saturated rings. The largest absolute Gasteiger partial charge is 0.497 e. The molecule has 0 saturated carbocycles. The van der Waals surface area contributed by atoms with E-state index in [2.05, 4.69) is 10.7 Å². The molecule has 1 aliphatic rings. The van der Waals surface area contributed by atoms with E-state index in [-0.39, 0.29) is 11.5 Å². The summed E-state index contributed by atoms with van der Waals surface area (Å²) >= 11 is 17.5. The predicted octanol–water partition coefficient (Wildman–Crippen LogP) is 4.68. The van der Waals surface area contributed by atoms with E-state index in [1.807, 2.05) is 0 Å². The summed E-state index contributed by atoms with van der Waals surface area (Å²) in [5.41, 5.74) is 3.92. The van der Waals surface area contributed by atoms with Gasteiger partial charge in [-0.1, -0.05) is 29.3 Å². The number of amides is 3. The van der Waals surface area contributed by atoms with Crippen molar-refractivity contribution in [1.29, 1.82) is 0 Å². The van der Waals surface area contributed by atoms with Crippen molar-refractivity contribution in [3.8, 4) is 5.75 Å². The van der Waals surface area contributed by atoms with Gasteiger partial charge in [-0.05, 0) is 72.9 Å². The van der Waals surface area contributed by atoms with E-state index in [1.54, 1.807) is 72.8 Å². The van der Waals surface area contributed by atoms with Gasteiger partial charge in [0, 0.05) is 27.4 Å². The van der Waals surface area contributed by atoms with E-state index in [0.717, 1.165) is 0 Å². The van der Waals surface area contributed by atoms with E-state index < -0.39 is 23.8 Å². The highest BCUT2D eigenvalue weighted by Crippen LogP contribution is 2.28. The molecule has 0 radical (unpaired) electrons. The molecule has 11 heteroatoms. The number of hydrogen-bond acceptors (Lipinski definition) is 5. The molecule has 0 bridgehead atoms. The van der Waals surface area contributed by atoms with Gasteiger partial charge >= 0.3 is 0 Å². The lowest BCUT2D eigenvalue weighted by Crippen LogP contribution is -2.49. The van der Waals surface area contributed by atoms with E-state index in [4.69, 9.17) is 40.2 Å². The Morgan fingerprint density at radius 1 is 1.00 bits per heavy atom. The van der Waals surface area contributed by atoms with Gasteiger partial charge in [0.2, 0.25) is 11.0 Å². The Labute approximate surface area is 222 Å². The maximum Gasteiger partial charge on any atom is 0.269 e. The number of halogens is 2. The first kappa shape index (κ1) is 25.4. The number of thiocarbonyl (C=S) groups is 1. The van der Waals surface area contributed by atoms with Gasteiger partial charge in [-0.3, -0.25) is 24.7 Å². The van der Waals surface area contributed by atoms with Gasteiger partial charge < -0.3 is 10.1 Å². The Morgan fingerprint density at radius 2 is 1.64 bits per heavy atom. The number of rotatable bonds is 7. The molecule has 0 aliphatic carbocycles. The molecule has 1 saturated heterocycles. The quantitative estimate of drug-likeness (QED) is 0.421. The van der Waals surface area contributed by atoms with Crippen molar-refractivity contribution in [2.45, 2.75) is 12.5 Å². The fourth-order valence-corrected chi connectivity index (χ4v) is 4.21. The first-order valence-corrected chi connectivity index (χ1v) is 11.9. The van der Waals surface area contributed by atoms with Crippen LogP contribution in [-0.4, -0.2) is 41.0 Å². The SMILES string of the molecule is COc1cccc(NC(=O)CC2C(=O)N(c3ccc(Cl)cc3)C(=S)N2NC(=O)c2ccc(Cl)cc2)c1. The molecule has 4 rings (SSSR count). The van der Waals surface area contributed by atoms with Crippen molar-refractivity contribution in [2.75, 3.05) is 17.3 Å². The molecule has 1 heterocycles.